The van der Waals surface area contributed by atoms with Crippen LogP contribution >= 0.6 is 0 Å². The van der Waals surface area contributed by atoms with E-state index in [2.05, 4.69) is 0 Å². The van der Waals surface area contributed by atoms with Gasteiger partial charge in [0.1, 0.15) is 5.58 Å². The lowest BCUT2D eigenvalue weighted by molar-refractivity contribution is 0.0647. The number of carbonyl (C=O) groups excluding carboxylic acids is 1. The predicted octanol–water partition coefficient (Wildman–Crippen LogP) is 2.34. The van der Waals surface area contributed by atoms with E-state index in [1.807, 2.05) is 31.2 Å². The Kier molecular flexibility index (Phi) is 3.03. The number of likely N-dealkylation sites (tertiary alicyclic amines) is 1. The molecule has 1 aromatic carbocycles. The van der Waals surface area contributed by atoms with Crippen LogP contribution in [-0.4, -0.2) is 35.1 Å². The largest absolute Gasteiger partial charge is 0.451 e. The van der Waals surface area contributed by atoms with E-state index in [9.17, 15) is 9.90 Å². The topological polar surface area (TPSA) is 53.7 Å². The number of aliphatic hydroxyl groups is 1. The molecule has 1 fully saturated rings. The van der Waals surface area contributed by atoms with Crippen LogP contribution in [0.4, 0.5) is 0 Å². The van der Waals surface area contributed by atoms with Gasteiger partial charge in [-0.1, -0.05) is 18.2 Å². The van der Waals surface area contributed by atoms with Gasteiger partial charge in [0.05, 0.1) is 12.6 Å². The molecule has 1 aliphatic heterocycles. The van der Waals surface area contributed by atoms with Crippen molar-refractivity contribution in [3.8, 4) is 0 Å². The van der Waals surface area contributed by atoms with Crippen LogP contribution < -0.4 is 0 Å². The third kappa shape index (κ3) is 1.92. The van der Waals surface area contributed by atoms with E-state index in [4.69, 9.17) is 4.42 Å². The highest BCUT2D eigenvalue weighted by atomic mass is 16.3. The molecular weight excluding hydrogens is 242 g/mol. The number of hydrogen-bond donors (Lipinski definition) is 1. The van der Waals surface area contributed by atoms with Crippen molar-refractivity contribution in [2.75, 3.05) is 13.2 Å². The van der Waals surface area contributed by atoms with Crippen molar-refractivity contribution < 1.29 is 14.3 Å². The van der Waals surface area contributed by atoms with Crippen molar-refractivity contribution in [2.45, 2.75) is 25.8 Å². The summed E-state index contributed by atoms with van der Waals surface area (Å²) in [4.78, 5) is 14.3. The Hall–Kier alpha value is -1.81. The number of furan rings is 1. The molecule has 1 aromatic heterocycles. The molecule has 0 bridgehead atoms. The van der Waals surface area contributed by atoms with Crippen LogP contribution in [0.3, 0.4) is 0 Å². The molecule has 2 heterocycles. The molecule has 1 saturated heterocycles. The van der Waals surface area contributed by atoms with Gasteiger partial charge in [-0.2, -0.15) is 0 Å². The molecule has 2 aromatic rings. The number of aliphatic hydroxyl groups excluding tert-OH is 1. The molecule has 1 atom stereocenters. The average Bonchev–Trinajstić information content (AvgIpc) is 3.03. The van der Waals surface area contributed by atoms with Crippen molar-refractivity contribution in [1.82, 2.24) is 4.90 Å². The van der Waals surface area contributed by atoms with Gasteiger partial charge in [0.15, 0.2) is 5.76 Å². The highest BCUT2D eigenvalue weighted by Gasteiger charge is 2.31. The molecule has 4 nitrogen and oxygen atoms in total. The zero-order chi connectivity index (χ0) is 13.4. The van der Waals surface area contributed by atoms with Crippen LogP contribution in [0.1, 0.15) is 29.0 Å². The van der Waals surface area contributed by atoms with Crippen molar-refractivity contribution >= 4 is 16.9 Å². The zero-order valence-electron chi connectivity index (χ0n) is 10.9. The standard InChI is InChI=1S/C15H17NO3/c1-10-12-6-2-3-7-13(12)19-14(10)15(18)16-8-4-5-11(16)9-17/h2-3,6-7,11,17H,4-5,8-9H2,1H3. The molecule has 1 unspecified atom stereocenters. The SMILES string of the molecule is Cc1c(C(=O)N2CCCC2CO)oc2ccccc12. The van der Waals surface area contributed by atoms with Gasteiger partial charge in [-0.15, -0.1) is 0 Å². The number of benzene rings is 1. The molecule has 1 aliphatic rings. The zero-order valence-corrected chi connectivity index (χ0v) is 10.9. The first-order valence-corrected chi connectivity index (χ1v) is 6.62. The first kappa shape index (κ1) is 12.2. The van der Waals surface area contributed by atoms with E-state index >= 15 is 0 Å². The number of carbonyl (C=O) groups is 1. The minimum absolute atomic E-state index is 0.0189. The highest BCUT2D eigenvalue weighted by molar-refractivity contribution is 5.99. The third-order valence-corrected chi connectivity index (χ3v) is 3.89. The number of para-hydroxylation sites is 1. The van der Waals surface area contributed by atoms with Crippen LogP contribution in [-0.2, 0) is 0 Å². The Morgan fingerprint density at radius 1 is 1.47 bits per heavy atom. The van der Waals surface area contributed by atoms with E-state index < -0.39 is 0 Å². The fourth-order valence-corrected chi connectivity index (χ4v) is 2.80. The number of nitrogens with zero attached hydrogens (tertiary/aromatic N) is 1. The summed E-state index contributed by atoms with van der Waals surface area (Å²) in [6.45, 7) is 2.62. The summed E-state index contributed by atoms with van der Waals surface area (Å²) in [5.74, 6) is 0.298. The highest BCUT2D eigenvalue weighted by Crippen LogP contribution is 2.28. The maximum absolute atomic E-state index is 12.5. The molecule has 19 heavy (non-hydrogen) atoms. The van der Waals surface area contributed by atoms with Gasteiger partial charge in [-0.3, -0.25) is 4.79 Å². The molecule has 1 N–H and O–H groups in total. The number of fused-ring (bicyclic) bond motifs is 1. The Balaban J connectivity index is 2.00. The Bertz CT molecular complexity index is 617. The molecule has 0 saturated carbocycles. The van der Waals surface area contributed by atoms with E-state index in [0.29, 0.717) is 12.3 Å². The number of amides is 1. The van der Waals surface area contributed by atoms with Crippen LogP contribution in [0, 0.1) is 6.92 Å². The third-order valence-electron chi connectivity index (χ3n) is 3.89. The van der Waals surface area contributed by atoms with Crippen molar-refractivity contribution in [3.05, 3.63) is 35.6 Å². The summed E-state index contributed by atoms with van der Waals surface area (Å²) in [6, 6.07) is 7.59. The number of rotatable bonds is 2. The maximum atomic E-state index is 12.5. The van der Waals surface area contributed by atoms with Crippen molar-refractivity contribution in [1.29, 1.82) is 0 Å². The van der Waals surface area contributed by atoms with E-state index in [0.717, 1.165) is 29.4 Å². The molecule has 4 heteroatoms. The lowest BCUT2D eigenvalue weighted by Crippen LogP contribution is -2.37. The molecule has 3 rings (SSSR count). The summed E-state index contributed by atoms with van der Waals surface area (Å²) >= 11 is 0. The van der Waals surface area contributed by atoms with Gasteiger partial charge in [0.25, 0.3) is 5.91 Å². The Morgan fingerprint density at radius 2 is 2.26 bits per heavy atom. The second kappa shape index (κ2) is 4.70. The van der Waals surface area contributed by atoms with Gasteiger partial charge in [-0.25, -0.2) is 0 Å². The van der Waals surface area contributed by atoms with Crippen molar-refractivity contribution in [3.63, 3.8) is 0 Å². The molecular formula is C15H17NO3. The van der Waals surface area contributed by atoms with Crippen LogP contribution in [0.2, 0.25) is 0 Å². The summed E-state index contributed by atoms with van der Waals surface area (Å²) in [5, 5.41) is 10.3. The number of aryl methyl sites for hydroxylation is 1. The summed E-state index contributed by atoms with van der Waals surface area (Å²) in [5.41, 5.74) is 1.62. The minimum Gasteiger partial charge on any atom is -0.451 e. The van der Waals surface area contributed by atoms with Gasteiger partial charge in [0, 0.05) is 17.5 Å². The van der Waals surface area contributed by atoms with Gasteiger partial charge in [-0.05, 0) is 25.8 Å². The van der Waals surface area contributed by atoms with Gasteiger partial charge >= 0.3 is 0 Å². The number of hydrogen-bond acceptors (Lipinski definition) is 3. The second-order valence-electron chi connectivity index (χ2n) is 5.03. The first-order chi connectivity index (χ1) is 9.22. The smallest absolute Gasteiger partial charge is 0.290 e. The molecule has 1 amide bonds. The van der Waals surface area contributed by atoms with Crippen molar-refractivity contribution in [2.24, 2.45) is 0 Å². The maximum Gasteiger partial charge on any atom is 0.290 e. The summed E-state index contributed by atoms with van der Waals surface area (Å²) in [7, 11) is 0. The molecule has 0 radical (unpaired) electrons. The van der Waals surface area contributed by atoms with Crippen LogP contribution in [0.25, 0.3) is 11.0 Å². The van der Waals surface area contributed by atoms with E-state index in [1.54, 1.807) is 4.90 Å². The monoisotopic (exact) mass is 259 g/mol. The van der Waals surface area contributed by atoms with Crippen LogP contribution in [0.15, 0.2) is 28.7 Å². The minimum atomic E-state index is -0.106. The van der Waals surface area contributed by atoms with Gasteiger partial charge < -0.3 is 14.4 Å². The predicted molar refractivity (Wildman–Crippen MR) is 72.1 cm³/mol. The quantitative estimate of drug-likeness (QED) is 0.900. The lowest BCUT2D eigenvalue weighted by atomic mass is 10.1. The van der Waals surface area contributed by atoms with Crippen LogP contribution in [0.5, 0.6) is 0 Å². The Morgan fingerprint density at radius 3 is 3.00 bits per heavy atom. The first-order valence-electron chi connectivity index (χ1n) is 6.62. The normalized spacial score (nSPS) is 19.3. The summed E-state index contributed by atoms with van der Waals surface area (Å²) < 4.78 is 5.69. The lowest BCUT2D eigenvalue weighted by Gasteiger charge is -2.22. The fraction of sp³-hybridized carbons (Fsp3) is 0.400. The average molecular weight is 259 g/mol. The van der Waals surface area contributed by atoms with E-state index in [-0.39, 0.29) is 18.6 Å². The molecule has 0 spiro atoms. The molecule has 100 valence electrons. The molecule has 0 aliphatic carbocycles. The Labute approximate surface area is 111 Å². The van der Waals surface area contributed by atoms with E-state index in [1.165, 1.54) is 0 Å². The van der Waals surface area contributed by atoms with Gasteiger partial charge in [0.2, 0.25) is 0 Å². The fourth-order valence-electron chi connectivity index (χ4n) is 2.80. The second-order valence-corrected chi connectivity index (χ2v) is 5.03. The summed E-state index contributed by atoms with van der Waals surface area (Å²) in [6.07, 6.45) is 1.80.